The smallest absolute Gasteiger partial charge is 0.304 e. The number of aromatic nitrogens is 1. The van der Waals surface area contributed by atoms with Gasteiger partial charge in [-0.05, 0) is 26.2 Å². The summed E-state index contributed by atoms with van der Waals surface area (Å²) >= 11 is 0. The van der Waals surface area contributed by atoms with E-state index >= 15 is 0 Å². The van der Waals surface area contributed by atoms with E-state index in [1.165, 1.54) is 6.07 Å². The Morgan fingerprint density at radius 2 is 1.88 bits per heavy atom. The first-order chi connectivity index (χ1) is 11.1. The Bertz CT molecular complexity index is 820. The Labute approximate surface area is 138 Å². The lowest BCUT2D eigenvalue weighted by atomic mass is 10.2. The van der Waals surface area contributed by atoms with Crippen molar-refractivity contribution < 1.29 is 21.6 Å². The third-order valence-corrected chi connectivity index (χ3v) is 4.45. The summed E-state index contributed by atoms with van der Waals surface area (Å²) in [5.74, 6) is -1.02. The highest BCUT2D eigenvalue weighted by atomic mass is 32.2. The predicted molar refractivity (Wildman–Crippen MR) is 87.2 cm³/mol. The average Bonchev–Trinajstić information content (AvgIpc) is 2.44. The van der Waals surface area contributed by atoms with Gasteiger partial charge < -0.3 is 4.90 Å². The highest BCUT2D eigenvalue weighted by Crippen LogP contribution is 2.25. The number of hydrogen-bond donors (Lipinski definition) is 1. The molecule has 0 unspecified atom stereocenters. The number of alkyl halides is 3. The highest BCUT2D eigenvalue weighted by Gasteiger charge is 2.30. The van der Waals surface area contributed by atoms with Gasteiger partial charge in [0.05, 0.1) is 29.1 Å². The number of anilines is 1. The molecular formula is C15H18F3N3O2S. The van der Waals surface area contributed by atoms with Crippen molar-refractivity contribution in [3.05, 3.63) is 36.0 Å². The molecule has 2 rings (SSSR count). The van der Waals surface area contributed by atoms with Gasteiger partial charge in [0.2, 0.25) is 10.0 Å². The lowest BCUT2D eigenvalue weighted by molar-refractivity contribution is -0.129. The number of fused-ring (bicyclic) bond motifs is 1. The van der Waals surface area contributed by atoms with Gasteiger partial charge in [0, 0.05) is 11.9 Å². The summed E-state index contributed by atoms with van der Waals surface area (Å²) in [6.45, 7) is 0.561. The standard InChI is InChI=1S/C15H18F3N3O2S/c1-21(2)10-12-7-6-11-4-3-5-13(14(11)19-12)20-24(22,23)9-8-15(16,17)18/h3-7,20H,8-10H2,1-2H3. The highest BCUT2D eigenvalue weighted by molar-refractivity contribution is 7.92. The zero-order valence-corrected chi connectivity index (χ0v) is 14.1. The van der Waals surface area contributed by atoms with E-state index < -0.39 is 28.4 Å². The quantitative estimate of drug-likeness (QED) is 0.859. The Morgan fingerprint density at radius 3 is 2.50 bits per heavy atom. The number of hydrogen-bond acceptors (Lipinski definition) is 4. The lowest BCUT2D eigenvalue weighted by Crippen LogP contribution is -2.22. The van der Waals surface area contributed by atoms with E-state index in [4.69, 9.17) is 0 Å². The molecule has 0 amide bonds. The molecule has 0 aliphatic heterocycles. The number of rotatable bonds is 6. The van der Waals surface area contributed by atoms with Gasteiger partial charge in [0.25, 0.3) is 0 Å². The van der Waals surface area contributed by atoms with Crippen molar-refractivity contribution in [1.29, 1.82) is 0 Å². The van der Waals surface area contributed by atoms with E-state index in [9.17, 15) is 21.6 Å². The number of benzene rings is 1. The summed E-state index contributed by atoms with van der Waals surface area (Å²) in [6, 6.07) is 8.49. The second-order valence-electron chi connectivity index (χ2n) is 5.70. The fourth-order valence-electron chi connectivity index (χ4n) is 2.15. The van der Waals surface area contributed by atoms with Crippen LogP contribution in [0.25, 0.3) is 10.9 Å². The van der Waals surface area contributed by atoms with Crippen molar-refractivity contribution in [2.24, 2.45) is 0 Å². The van der Waals surface area contributed by atoms with Gasteiger partial charge in [-0.15, -0.1) is 0 Å². The van der Waals surface area contributed by atoms with Crippen LogP contribution in [0.15, 0.2) is 30.3 Å². The molecule has 0 spiro atoms. The van der Waals surface area contributed by atoms with E-state index in [1.807, 2.05) is 25.1 Å². The van der Waals surface area contributed by atoms with Crippen molar-refractivity contribution >= 4 is 26.6 Å². The molecule has 5 nitrogen and oxygen atoms in total. The van der Waals surface area contributed by atoms with E-state index in [1.54, 1.807) is 18.2 Å². The van der Waals surface area contributed by atoms with Gasteiger partial charge >= 0.3 is 6.18 Å². The number of nitrogens with zero attached hydrogens (tertiary/aromatic N) is 2. The van der Waals surface area contributed by atoms with Crippen LogP contribution in [0.5, 0.6) is 0 Å². The number of halogens is 3. The van der Waals surface area contributed by atoms with Crippen molar-refractivity contribution in [3.8, 4) is 0 Å². The molecule has 0 fully saturated rings. The zero-order valence-electron chi connectivity index (χ0n) is 13.3. The minimum absolute atomic E-state index is 0.176. The molecule has 0 saturated heterocycles. The van der Waals surface area contributed by atoms with Crippen molar-refractivity contribution in [2.45, 2.75) is 19.1 Å². The first-order valence-electron chi connectivity index (χ1n) is 7.16. The van der Waals surface area contributed by atoms with Crippen LogP contribution in [0.1, 0.15) is 12.1 Å². The van der Waals surface area contributed by atoms with Crippen LogP contribution >= 0.6 is 0 Å². The van der Waals surface area contributed by atoms with Gasteiger partial charge in [-0.1, -0.05) is 18.2 Å². The van der Waals surface area contributed by atoms with Crippen LogP contribution in [0.3, 0.4) is 0 Å². The molecule has 1 aromatic heterocycles. The number of sulfonamides is 1. The van der Waals surface area contributed by atoms with E-state index in [-0.39, 0.29) is 5.69 Å². The first-order valence-corrected chi connectivity index (χ1v) is 8.82. The largest absolute Gasteiger partial charge is 0.390 e. The summed E-state index contributed by atoms with van der Waals surface area (Å²) < 4.78 is 62.8. The third-order valence-electron chi connectivity index (χ3n) is 3.18. The molecule has 1 N–H and O–H groups in total. The molecule has 0 saturated carbocycles. The molecule has 0 radical (unpaired) electrons. The molecule has 0 aliphatic rings. The predicted octanol–water partition coefficient (Wildman–Crippen LogP) is 2.99. The molecule has 2 aromatic rings. The maximum absolute atomic E-state index is 12.2. The fraction of sp³-hybridized carbons (Fsp3) is 0.400. The monoisotopic (exact) mass is 361 g/mol. The Morgan fingerprint density at radius 1 is 1.17 bits per heavy atom. The number of nitrogens with one attached hydrogen (secondary N) is 1. The maximum atomic E-state index is 12.2. The molecule has 1 heterocycles. The van der Waals surface area contributed by atoms with Crippen molar-refractivity contribution in [3.63, 3.8) is 0 Å². The summed E-state index contributed by atoms with van der Waals surface area (Å²) in [7, 11) is -0.370. The summed E-state index contributed by atoms with van der Waals surface area (Å²) in [6.07, 6.45) is -5.92. The number of pyridine rings is 1. The normalized spacial score (nSPS) is 12.8. The first kappa shape index (κ1) is 18.5. The van der Waals surface area contributed by atoms with E-state index in [0.29, 0.717) is 17.4 Å². The van der Waals surface area contributed by atoms with Crippen LogP contribution in [-0.4, -0.2) is 44.3 Å². The van der Waals surface area contributed by atoms with Crippen LogP contribution in [0, 0.1) is 0 Å². The minimum atomic E-state index is -4.52. The molecule has 0 atom stereocenters. The van der Waals surface area contributed by atoms with Crippen LogP contribution < -0.4 is 4.72 Å². The van der Waals surface area contributed by atoms with Crippen molar-refractivity contribution in [2.75, 3.05) is 24.6 Å². The van der Waals surface area contributed by atoms with Crippen LogP contribution in [0.4, 0.5) is 18.9 Å². The van der Waals surface area contributed by atoms with Gasteiger partial charge in [-0.2, -0.15) is 13.2 Å². The van der Waals surface area contributed by atoms with Gasteiger partial charge in [0.15, 0.2) is 0 Å². The number of para-hydroxylation sites is 1. The summed E-state index contributed by atoms with van der Waals surface area (Å²) in [4.78, 5) is 6.32. The lowest BCUT2D eigenvalue weighted by Gasteiger charge is -2.13. The molecule has 132 valence electrons. The Balaban J connectivity index is 2.30. The average molecular weight is 361 g/mol. The van der Waals surface area contributed by atoms with E-state index in [0.717, 1.165) is 5.69 Å². The molecular weight excluding hydrogens is 343 g/mol. The summed E-state index contributed by atoms with van der Waals surface area (Å²) in [5.41, 5.74) is 1.32. The summed E-state index contributed by atoms with van der Waals surface area (Å²) in [5, 5.41) is 0.702. The van der Waals surface area contributed by atoms with Gasteiger partial charge in [0.1, 0.15) is 0 Å². The molecule has 24 heavy (non-hydrogen) atoms. The maximum Gasteiger partial charge on any atom is 0.390 e. The molecule has 9 heteroatoms. The minimum Gasteiger partial charge on any atom is -0.304 e. The van der Waals surface area contributed by atoms with Crippen LogP contribution in [-0.2, 0) is 16.6 Å². The van der Waals surface area contributed by atoms with Crippen LogP contribution in [0.2, 0.25) is 0 Å². The third kappa shape index (κ3) is 5.34. The van der Waals surface area contributed by atoms with Crippen molar-refractivity contribution in [1.82, 2.24) is 9.88 Å². The Hall–Kier alpha value is -1.87. The molecule has 0 aliphatic carbocycles. The zero-order chi connectivity index (χ0) is 18.0. The van der Waals surface area contributed by atoms with Gasteiger partial charge in [-0.25, -0.2) is 13.4 Å². The topological polar surface area (TPSA) is 62.3 Å². The Kier molecular flexibility index (Phi) is 5.34. The second kappa shape index (κ2) is 6.94. The second-order valence-corrected chi connectivity index (χ2v) is 7.55. The fourth-order valence-corrected chi connectivity index (χ4v) is 3.25. The van der Waals surface area contributed by atoms with Gasteiger partial charge in [-0.3, -0.25) is 4.72 Å². The molecule has 1 aromatic carbocycles. The molecule has 0 bridgehead atoms. The SMILES string of the molecule is CN(C)Cc1ccc2cccc(NS(=O)(=O)CCC(F)(F)F)c2n1. The van der Waals surface area contributed by atoms with E-state index in [2.05, 4.69) is 9.71 Å².